The zero-order valence-corrected chi connectivity index (χ0v) is 13.5. The van der Waals surface area contributed by atoms with Crippen LogP contribution in [0.1, 0.15) is 48.6 Å². The highest BCUT2D eigenvalue weighted by atomic mass is 35.5. The third-order valence-corrected chi connectivity index (χ3v) is 3.91. The zero-order chi connectivity index (χ0) is 15.6. The number of aromatic nitrogens is 2. The van der Waals surface area contributed by atoms with E-state index < -0.39 is 0 Å². The number of aromatic amines is 1. The van der Waals surface area contributed by atoms with Gasteiger partial charge in [-0.25, -0.2) is 4.98 Å². The molecule has 0 aliphatic rings. The second kappa shape index (κ2) is 6.41. The number of halogens is 1. The topological polar surface area (TPSA) is 57.8 Å². The number of nitrogens with zero attached hydrogens (tertiary/aromatic N) is 1. The molecule has 0 saturated heterocycles. The van der Waals surface area contributed by atoms with Crippen LogP contribution in [0.3, 0.4) is 0 Å². The molecule has 1 unspecified atom stereocenters. The second-order valence-corrected chi connectivity index (χ2v) is 5.69. The molecule has 1 aromatic carbocycles. The fourth-order valence-electron chi connectivity index (χ4n) is 2.62. The Balaban J connectivity index is 2.25. The first-order valence-electron chi connectivity index (χ1n) is 6.98. The van der Waals surface area contributed by atoms with E-state index in [2.05, 4.69) is 15.3 Å². The maximum Gasteiger partial charge on any atom is 0.255 e. The van der Waals surface area contributed by atoms with Crippen molar-refractivity contribution in [2.24, 2.45) is 0 Å². The number of aryl methyl sites for hydroxylation is 2. The molecular weight excluding hydrogens is 286 g/mol. The molecule has 0 spiro atoms. The summed E-state index contributed by atoms with van der Waals surface area (Å²) >= 11 is 6.21. The van der Waals surface area contributed by atoms with E-state index in [1.54, 1.807) is 6.92 Å². The number of nitrogens with one attached hydrogen (secondary N) is 2. The smallest absolute Gasteiger partial charge is 0.255 e. The molecular formula is C16H20ClN3O. The lowest BCUT2D eigenvalue weighted by Gasteiger charge is -2.22. The van der Waals surface area contributed by atoms with Gasteiger partial charge in [-0.05, 0) is 39.3 Å². The number of hydrogen-bond donors (Lipinski definition) is 2. The Morgan fingerprint density at radius 1 is 1.19 bits per heavy atom. The van der Waals surface area contributed by atoms with Gasteiger partial charge in [-0.1, -0.05) is 29.8 Å². The summed E-state index contributed by atoms with van der Waals surface area (Å²) in [6.45, 7) is 7.63. The van der Waals surface area contributed by atoms with Gasteiger partial charge in [0.05, 0.1) is 5.56 Å². The van der Waals surface area contributed by atoms with Gasteiger partial charge in [0.15, 0.2) is 0 Å². The highest BCUT2D eigenvalue weighted by Crippen LogP contribution is 2.24. The van der Waals surface area contributed by atoms with E-state index in [9.17, 15) is 4.79 Å². The molecule has 1 heterocycles. The predicted octanol–water partition coefficient (Wildman–Crippen LogP) is 3.45. The molecule has 112 valence electrons. The molecule has 2 N–H and O–H groups in total. The van der Waals surface area contributed by atoms with Gasteiger partial charge in [-0.3, -0.25) is 4.79 Å². The molecule has 0 radical (unpaired) electrons. The Bertz CT molecular complexity index is 696. The minimum atomic E-state index is -0.117. The maximum atomic E-state index is 12.1. The number of hydrogen-bond acceptors (Lipinski definition) is 3. The normalized spacial score (nSPS) is 14.0. The van der Waals surface area contributed by atoms with Gasteiger partial charge in [0.1, 0.15) is 5.82 Å². The Kier molecular flexibility index (Phi) is 4.80. The van der Waals surface area contributed by atoms with Crippen LogP contribution >= 0.6 is 11.6 Å². The summed E-state index contributed by atoms with van der Waals surface area (Å²) < 4.78 is 0. The van der Waals surface area contributed by atoms with E-state index in [4.69, 9.17) is 11.6 Å². The van der Waals surface area contributed by atoms with Crippen LogP contribution in [0.15, 0.2) is 29.1 Å². The van der Waals surface area contributed by atoms with Crippen molar-refractivity contribution in [3.05, 3.63) is 62.3 Å². The fraction of sp³-hybridized carbons (Fsp3) is 0.375. The number of H-pyrrole nitrogens is 1. The van der Waals surface area contributed by atoms with Gasteiger partial charge in [-0.2, -0.15) is 0 Å². The third kappa shape index (κ3) is 3.52. The first-order chi connectivity index (χ1) is 9.90. The number of benzene rings is 1. The summed E-state index contributed by atoms with van der Waals surface area (Å²) in [5, 5.41) is 4.13. The van der Waals surface area contributed by atoms with E-state index in [1.165, 1.54) is 0 Å². The van der Waals surface area contributed by atoms with Gasteiger partial charge >= 0.3 is 0 Å². The van der Waals surface area contributed by atoms with Crippen LogP contribution in [0.5, 0.6) is 0 Å². The Morgan fingerprint density at radius 2 is 1.86 bits per heavy atom. The molecule has 2 rings (SSSR count). The molecule has 0 aliphatic carbocycles. The summed E-state index contributed by atoms with van der Waals surface area (Å²) in [4.78, 5) is 19.2. The first-order valence-corrected chi connectivity index (χ1v) is 7.36. The average molecular weight is 306 g/mol. The average Bonchev–Trinajstić information content (AvgIpc) is 2.37. The second-order valence-electron chi connectivity index (χ2n) is 5.28. The summed E-state index contributed by atoms with van der Waals surface area (Å²) in [6.07, 6.45) is 0. The van der Waals surface area contributed by atoms with Crippen molar-refractivity contribution in [1.29, 1.82) is 0 Å². The SMILES string of the molecule is Cc1nc(C)c(C(C)N[C@@H](C)c2ccccc2Cl)c(=O)[nH]1. The van der Waals surface area contributed by atoms with Crippen LogP contribution in [-0.4, -0.2) is 9.97 Å². The Morgan fingerprint density at radius 3 is 2.48 bits per heavy atom. The summed E-state index contributed by atoms with van der Waals surface area (Å²) in [7, 11) is 0. The van der Waals surface area contributed by atoms with Gasteiger partial charge in [0, 0.05) is 22.8 Å². The molecule has 2 atom stereocenters. The van der Waals surface area contributed by atoms with Crippen LogP contribution in [0.25, 0.3) is 0 Å². The lowest BCUT2D eigenvalue weighted by Crippen LogP contribution is -2.29. The Labute approximate surface area is 129 Å². The number of rotatable bonds is 4. The maximum absolute atomic E-state index is 12.1. The monoisotopic (exact) mass is 305 g/mol. The lowest BCUT2D eigenvalue weighted by atomic mass is 10.0. The van der Waals surface area contributed by atoms with Gasteiger partial charge in [-0.15, -0.1) is 0 Å². The molecule has 0 fully saturated rings. The summed E-state index contributed by atoms with van der Waals surface area (Å²) in [5.74, 6) is 0.632. The van der Waals surface area contributed by atoms with Crippen molar-refractivity contribution in [1.82, 2.24) is 15.3 Å². The van der Waals surface area contributed by atoms with E-state index in [-0.39, 0.29) is 17.6 Å². The molecule has 2 aromatic rings. The molecule has 0 bridgehead atoms. The molecule has 1 aromatic heterocycles. The van der Waals surface area contributed by atoms with Gasteiger partial charge in [0.25, 0.3) is 5.56 Å². The van der Waals surface area contributed by atoms with E-state index >= 15 is 0 Å². The van der Waals surface area contributed by atoms with Crippen LogP contribution in [0, 0.1) is 13.8 Å². The molecule has 4 nitrogen and oxygen atoms in total. The molecule has 0 amide bonds. The summed E-state index contributed by atoms with van der Waals surface area (Å²) in [5.41, 5.74) is 2.34. The van der Waals surface area contributed by atoms with Crippen LogP contribution in [0.4, 0.5) is 0 Å². The van der Waals surface area contributed by atoms with Crippen molar-refractivity contribution in [2.45, 2.75) is 39.8 Å². The van der Waals surface area contributed by atoms with Crippen molar-refractivity contribution in [3.8, 4) is 0 Å². The van der Waals surface area contributed by atoms with E-state index in [0.29, 0.717) is 11.4 Å². The molecule has 5 heteroatoms. The third-order valence-electron chi connectivity index (χ3n) is 3.57. The minimum absolute atomic E-state index is 0.0359. The molecule has 0 saturated carbocycles. The highest BCUT2D eigenvalue weighted by Gasteiger charge is 2.18. The molecule has 0 aliphatic heterocycles. The standard InChI is InChI=1S/C16H20ClN3O/c1-9(13-7-5-6-8-14(13)17)18-10(2)15-11(3)19-12(4)20-16(15)21/h5-10,18H,1-4H3,(H,19,20,21)/t9-,10?/m0/s1. The Hall–Kier alpha value is -1.65. The zero-order valence-electron chi connectivity index (χ0n) is 12.7. The quantitative estimate of drug-likeness (QED) is 0.909. The molecule has 21 heavy (non-hydrogen) atoms. The van der Waals surface area contributed by atoms with Crippen LogP contribution in [-0.2, 0) is 0 Å². The lowest BCUT2D eigenvalue weighted by molar-refractivity contribution is 0.488. The van der Waals surface area contributed by atoms with Gasteiger partial charge in [0.2, 0.25) is 0 Å². The van der Waals surface area contributed by atoms with Crippen molar-refractivity contribution < 1.29 is 0 Å². The predicted molar refractivity (Wildman–Crippen MR) is 85.7 cm³/mol. The van der Waals surface area contributed by atoms with E-state index in [0.717, 1.165) is 16.3 Å². The van der Waals surface area contributed by atoms with Crippen LogP contribution < -0.4 is 10.9 Å². The highest BCUT2D eigenvalue weighted by molar-refractivity contribution is 6.31. The van der Waals surface area contributed by atoms with Crippen molar-refractivity contribution in [2.75, 3.05) is 0 Å². The fourth-order valence-corrected chi connectivity index (χ4v) is 2.92. The first kappa shape index (κ1) is 15.7. The minimum Gasteiger partial charge on any atom is -0.310 e. The van der Waals surface area contributed by atoms with Crippen molar-refractivity contribution >= 4 is 11.6 Å². The largest absolute Gasteiger partial charge is 0.310 e. The van der Waals surface area contributed by atoms with Gasteiger partial charge < -0.3 is 10.3 Å². The van der Waals surface area contributed by atoms with Crippen molar-refractivity contribution in [3.63, 3.8) is 0 Å². The van der Waals surface area contributed by atoms with E-state index in [1.807, 2.05) is 45.0 Å². The summed E-state index contributed by atoms with van der Waals surface area (Å²) in [6, 6.07) is 7.63. The van der Waals surface area contributed by atoms with Crippen LogP contribution in [0.2, 0.25) is 5.02 Å².